The first-order chi connectivity index (χ1) is 34.5. The highest BCUT2D eigenvalue weighted by Gasteiger charge is 2.43. The van der Waals surface area contributed by atoms with Crippen molar-refractivity contribution in [1.82, 2.24) is 65.2 Å². The smallest absolute Gasteiger partial charge is 0.231 e. The first-order valence-corrected chi connectivity index (χ1v) is 24.5. The van der Waals surface area contributed by atoms with Crippen LogP contribution in [-0.4, -0.2) is 111 Å². The second kappa shape index (κ2) is 16.8. The van der Waals surface area contributed by atoms with Crippen LogP contribution in [0.5, 0.6) is 0 Å². The van der Waals surface area contributed by atoms with Gasteiger partial charge in [-0.15, -0.1) is 5.10 Å². The largest absolute Gasteiger partial charge is 0.386 e. The van der Waals surface area contributed by atoms with E-state index in [1.807, 2.05) is 26.8 Å². The third-order valence-corrected chi connectivity index (χ3v) is 15.3. The van der Waals surface area contributed by atoms with Gasteiger partial charge in [0.15, 0.2) is 5.65 Å². The van der Waals surface area contributed by atoms with Crippen molar-refractivity contribution in [1.29, 1.82) is 0 Å². The van der Waals surface area contributed by atoms with Crippen molar-refractivity contribution >= 4 is 101 Å². The fraction of sp³-hybridized carbons (Fsp3) is 0.408. The molecule has 6 aliphatic rings. The van der Waals surface area contributed by atoms with Crippen LogP contribution < -0.4 is 42.1 Å². The van der Waals surface area contributed by atoms with Gasteiger partial charge in [0.2, 0.25) is 11.9 Å². The van der Waals surface area contributed by atoms with E-state index in [0.29, 0.717) is 86.3 Å². The average molecular weight is 961 g/mol. The van der Waals surface area contributed by atoms with Gasteiger partial charge in [0.1, 0.15) is 45.9 Å². The summed E-state index contributed by atoms with van der Waals surface area (Å²) in [5, 5.41) is 28.8. The molecule has 2 saturated carbocycles. The molecule has 6 atom stereocenters. The normalized spacial score (nSPS) is 22.0. The Kier molecular flexibility index (Phi) is 10.3. The lowest BCUT2D eigenvalue weighted by Crippen LogP contribution is -2.59. The fourth-order valence-corrected chi connectivity index (χ4v) is 11.8. The van der Waals surface area contributed by atoms with E-state index in [2.05, 4.69) is 71.6 Å². The van der Waals surface area contributed by atoms with E-state index in [1.165, 1.54) is 12.1 Å². The van der Waals surface area contributed by atoms with E-state index in [1.54, 1.807) is 42.5 Å². The molecule has 71 heavy (non-hydrogen) atoms. The second-order valence-corrected chi connectivity index (χ2v) is 20.0. The van der Waals surface area contributed by atoms with E-state index in [0.717, 1.165) is 85.1 Å². The monoisotopic (exact) mass is 960 g/mol. The van der Waals surface area contributed by atoms with Crippen molar-refractivity contribution in [2.24, 2.45) is 17.6 Å². The molecule has 364 valence electrons. The standard InChI is InChI=1S/C49H54F2N20/c1-22(2)71-45-38(67-68-71)13-28(16-56-45)59-48-63-44-40(46(65-48)69-19-24-5-7-30(69)14-34(24)52)33-10-27(51)12-37(42(33)62-44)58-21-57-35-15-31-8-6-25(35)20-70(31)47-39-32-9-26(50)11-36(53-4)41(32)61-43(39)64-49(66-47)60-29-17-54-23(3)55-18-29/h9-13,16-18,22,24-25,30-31,34-35,53,57-58H,5-8,14-15,19-21,52H2,1-4H3,(H2,59,62,63,65)(H2,60,61,64,66). The van der Waals surface area contributed by atoms with Crippen LogP contribution in [0.4, 0.5) is 55.1 Å². The number of fused-ring (bicyclic) bond motifs is 13. The Bertz CT molecular complexity index is 3530. The van der Waals surface area contributed by atoms with Crippen LogP contribution in [0.1, 0.15) is 64.2 Å². The van der Waals surface area contributed by atoms with E-state index >= 15 is 8.78 Å². The van der Waals surface area contributed by atoms with Crippen molar-refractivity contribution in [3.05, 3.63) is 66.4 Å². The van der Waals surface area contributed by atoms with Gasteiger partial charge in [0.05, 0.1) is 75.9 Å². The topological polar surface area (TPSA) is 245 Å². The Hall–Kier alpha value is -7.59. The van der Waals surface area contributed by atoms with Crippen molar-refractivity contribution < 1.29 is 8.78 Å². The fourth-order valence-electron chi connectivity index (χ4n) is 11.8. The van der Waals surface area contributed by atoms with Crippen LogP contribution in [0.25, 0.3) is 55.0 Å². The molecule has 2 aromatic carbocycles. The number of benzene rings is 2. The molecule has 9 N–H and O–H groups in total. The molecular formula is C49H54F2N20. The number of anilines is 8. The number of pyridine rings is 1. The zero-order chi connectivity index (χ0) is 48.2. The van der Waals surface area contributed by atoms with Gasteiger partial charge in [-0.3, -0.25) is 5.32 Å². The highest BCUT2D eigenvalue weighted by Crippen LogP contribution is 2.45. The molecule has 9 aromatic rings. The maximum absolute atomic E-state index is 15.9. The van der Waals surface area contributed by atoms with Gasteiger partial charge in [-0.2, -0.15) is 19.9 Å². The van der Waals surface area contributed by atoms with Crippen molar-refractivity contribution in [2.75, 3.05) is 57.9 Å². The van der Waals surface area contributed by atoms with Crippen molar-refractivity contribution in [2.45, 2.75) is 89.5 Å². The van der Waals surface area contributed by atoms with Crippen LogP contribution in [0.3, 0.4) is 0 Å². The summed E-state index contributed by atoms with van der Waals surface area (Å²) >= 11 is 0. The number of hydrogen-bond donors (Lipinski definition) is 8. The van der Waals surface area contributed by atoms with Gasteiger partial charge in [0, 0.05) is 55.1 Å². The van der Waals surface area contributed by atoms with E-state index in [9.17, 15) is 0 Å². The number of H-pyrrole nitrogens is 2. The lowest BCUT2D eigenvalue weighted by atomic mass is 9.76. The molecule has 4 aliphatic heterocycles. The molecule has 15 rings (SSSR count). The molecule has 2 aliphatic carbocycles. The van der Waals surface area contributed by atoms with E-state index in [4.69, 9.17) is 25.7 Å². The molecule has 6 fully saturated rings. The maximum atomic E-state index is 15.9. The zero-order valence-corrected chi connectivity index (χ0v) is 39.7. The van der Waals surface area contributed by atoms with Crippen LogP contribution in [-0.2, 0) is 0 Å². The molecule has 0 radical (unpaired) electrons. The highest BCUT2D eigenvalue weighted by molar-refractivity contribution is 6.16. The van der Waals surface area contributed by atoms with E-state index in [-0.39, 0.29) is 47.8 Å². The van der Waals surface area contributed by atoms with Crippen LogP contribution >= 0.6 is 0 Å². The number of aromatic amines is 2. The minimum absolute atomic E-state index is 0.110. The number of nitrogens with one attached hydrogen (secondary N) is 7. The molecule has 22 heteroatoms. The minimum Gasteiger partial charge on any atom is -0.386 e. The first kappa shape index (κ1) is 43.4. The number of piperidine rings is 4. The second-order valence-electron chi connectivity index (χ2n) is 20.0. The lowest BCUT2D eigenvalue weighted by Gasteiger charge is -2.50. The molecule has 4 saturated heterocycles. The van der Waals surface area contributed by atoms with Crippen molar-refractivity contribution in [3.8, 4) is 0 Å². The number of rotatable bonds is 12. The number of nitrogens with two attached hydrogens (primary N) is 1. The van der Waals surface area contributed by atoms with Gasteiger partial charge >= 0.3 is 0 Å². The van der Waals surface area contributed by atoms with Crippen LogP contribution in [0.2, 0.25) is 0 Å². The third kappa shape index (κ3) is 7.49. The van der Waals surface area contributed by atoms with Crippen LogP contribution in [0, 0.1) is 30.4 Å². The summed E-state index contributed by atoms with van der Waals surface area (Å²) in [5.74, 6) is 2.82. The van der Waals surface area contributed by atoms with Gasteiger partial charge in [-0.1, -0.05) is 5.21 Å². The summed E-state index contributed by atoms with van der Waals surface area (Å²) < 4.78 is 32.9. The van der Waals surface area contributed by atoms with Gasteiger partial charge in [-0.05, 0) is 101 Å². The Morgan fingerprint density at radius 3 is 1.94 bits per heavy atom. The summed E-state index contributed by atoms with van der Waals surface area (Å²) in [4.78, 5) is 45.3. The first-order valence-electron chi connectivity index (χ1n) is 24.5. The summed E-state index contributed by atoms with van der Waals surface area (Å²) in [6.07, 6.45) is 11.0. The molecule has 6 unspecified atom stereocenters. The molecular weight excluding hydrogens is 907 g/mol. The number of halogens is 2. The number of aryl methyl sites for hydroxylation is 1. The predicted octanol–water partition coefficient (Wildman–Crippen LogP) is 7.49. The molecule has 0 amide bonds. The summed E-state index contributed by atoms with van der Waals surface area (Å²) in [6.45, 7) is 7.81. The maximum Gasteiger partial charge on any atom is 0.231 e. The Balaban J connectivity index is 0.788. The number of aromatic nitrogens is 12. The highest BCUT2D eigenvalue weighted by atomic mass is 19.1. The molecule has 20 nitrogen and oxygen atoms in total. The summed E-state index contributed by atoms with van der Waals surface area (Å²) in [5.41, 5.74) is 13.3. The molecule has 4 bridgehead atoms. The summed E-state index contributed by atoms with van der Waals surface area (Å²) in [6, 6.07) is 8.81. The van der Waals surface area contributed by atoms with E-state index < -0.39 is 0 Å². The lowest BCUT2D eigenvalue weighted by molar-refractivity contribution is 0.188. The predicted molar refractivity (Wildman–Crippen MR) is 272 cm³/mol. The zero-order valence-electron chi connectivity index (χ0n) is 39.7. The SMILES string of the molecule is CNc1cc(F)cc2c1[nH]c1nc(Nc3cnc(C)nc3)nc(N3CC4CCC3CC4NCNc3cc(F)cc4c3[nH]c3nc(Nc5cnc6c(c5)nnn6C(C)C)nc(N5CC6CCC5CC6N)c34)c12. The third-order valence-electron chi connectivity index (χ3n) is 15.3. The van der Waals surface area contributed by atoms with Gasteiger partial charge < -0.3 is 46.8 Å². The molecule has 0 spiro atoms. The Morgan fingerprint density at radius 1 is 0.732 bits per heavy atom. The quantitative estimate of drug-likeness (QED) is 0.0553. The molecule has 11 heterocycles. The van der Waals surface area contributed by atoms with Crippen molar-refractivity contribution in [3.63, 3.8) is 0 Å². The van der Waals surface area contributed by atoms with Gasteiger partial charge in [0.25, 0.3) is 0 Å². The average Bonchev–Trinajstić information content (AvgIpc) is 4.08. The van der Waals surface area contributed by atoms with Gasteiger partial charge in [-0.25, -0.2) is 28.4 Å². The summed E-state index contributed by atoms with van der Waals surface area (Å²) in [7, 11) is 1.78. The minimum atomic E-state index is -0.364. The van der Waals surface area contributed by atoms with Crippen LogP contribution in [0.15, 0.2) is 48.9 Å². The molecule has 7 aromatic heterocycles. The number of hydrogen-bond acceptors (Lipinski definition) is 17. The Morgan fingerprint density at radius 2 is 1.34 bits per heavy atom. The number of nitrogens with zero attached hydrogens (tertiary/aromatic N) is 12. The Labute approximate surface area is 405 Å².